The van der Waals surface area contributed by atoms with Crippen LogP contribution in [0.15, 0.2) is 17.3 Å². The molecule has 2 N–H and O–H groups in total. The van der Waals surface area contributed by atoms with Crippen molar-refractivity contribution in [1.29, 1.82) is 0 Å². The summed E-state index contributed by atoms with van der Waals surface area (Å²) in [6, 6.07) is 0. The lowest BCUT2D eigenvalue weighted by atomic mass is 10.2. The lowest BCUT2D eigenvalue weighted by Gasteiger charge is -2.17. The normalized spacial score (nSPS) is 27.0. The van der Waals surface area contributed by atoms with E-state index >= 15 is 0 Å². The molecule has 1 aliphatic rings. The maximum absolute atomic E-state index is 10.9. The highest BCUT2D eigenvalue weighted by atomic mass is 32.2. The second-order valence-electron chi connectivity index (χ2n) is 2.75. The summed E-state index contributed by atoms with van der Waals surface area (Å²) in [6.45, 7) is 0. The van der Waals surface area contributed by atoms with Crippen LogP contribution in [-0.4, -0.2) is 42.7 Å². The topological polar surface area (TPSA) is 121 Å². The smallest absolute Gasteiger partial charge is 0.280 e. The third-order valence-electron chi connectivity index (χ3n) is 1.62. The summed E-state index contributed by atoms with van der Waals surface area (Å²) in [5.41, 5.74) is 0. The van der Waals surface area contributed by atoms with Crippen molar-refractivity contribution in [2.45, 2.75) is 4.75 Å². The van der Waals surface area contributed by atoms with Gasteiger partial charge in [0.1, 0.15) is 5.75 Å². The number of hydrogen-bond donors (Lipinski definition) is 2. The molecule has 1 unspecified atom stereocenters. The zero-order valence-corrected chi connectivity index (χ0v) is 8.36. The molecule has 9 heteroatoms. The van der Waals surface area contributed by atoms with Gasteiger partial charge >= 0.3 is 0 Å². The average molecular weight is 241 g/mol. The van der Waals surface area contributed by atoms with Gasteiger partial charge in [0, 0.05) is 12.4 Å². The van der Waals surface area contributed by atoms with Crippen molar-refractivity contribution in [2.24, 2.45) is 4.99 Å². The predicted octanol–water partition coefficient (Wildman–Crippen LogP) is -0.901. The number of hydrogen-bond acceptors (Lipinski definition) is 5. The van der Waals surface area contributed by atoms with Crippen molar-refractivity contribution in [3.8, 4) is 0 Å². The molecule has 0 aliphatic carbocycles. The highest BCUT2D eigenvalue weighted by Crippen LogP contribution is 2.22. The van der Waals surface area contributed by atoms with Gasteiger partial charge in [-0.05, 0) is 6.08 Å². The second kappa shape index (κ2) is 3.12. The van der Waals surface area contributed by atoms with Gasteiger partial charge in [-0.15, -0.1) is 0 Å². The van der Waals surface area contributed by atoms with E-state index in [0.717, 1.165) is 18.5 Å². The molecule has 80 valence electrons. The molecule has 0 aromatic rings. The molecule has 0 saturated carbocycles. The van der Waals surface area contributed by atoms with Gasteiger partial charge in [-0.2, -0.15) is 16.8 Å². The van der Waals surface area contributed by atoms with Crippen molar-refractivity contribution in [3.63, 3.8) is 0 Å². The Labute approximate surface area is 80.7 Å². The summed E-state index contributed by atoms with van der Waals surface area (Å²) in [6.07, 6.45) is 2.66. The molecule has 1 rings (SSSR count). The lowest BCUT2D eigenvalue weighted by Crippen LogP contribution is -2.43. The Hall–Kier alpha value is -0.770. The summed E-state index contributed by atoms with van der Waals surface area (Å²) in [4.78, 5) is 3.37. The molecule has 0 amide bonds. The van der Waals surface area contributed by atoms with Gasteiger partial charge in [0.2, 0.25) is 0 Å². The standard InChI is InChI=1S/C5H7NO6S2/c7-13(8,9)4-5(14(10,11)12)1-2-6-3-5/h1-3H,4H2,(H,7,8,9)(H,10,11,12). The minimum Gasteiger partial charge on any atom is -0.285 e. The van der Waals surface area contributed by atoms with Crippen LogP contribution in [0, 0.1) is 0 Å². The van der Waals surface area contributed by atoms with Gasteiger partial charge in [0.15, 0.2) is 4.75 Å². The van der Waals surface area contributed by atoms with Crippen LogP contribution in [0.2, 0.25) is 0 Å². The SMILES string of the molecule is O=S(=O)(O)CC1(S(=O)(=O)O)C=CN=C1. The van der Waals surface area contributed by atoms with Crippen LogP contribution in [0.5, 0.6) is 0 Å². The fourth-order valence-corrected chi connectivity index (χ4v) is 3.19. The van der Waals surface area contributed by atoms with E-state index in [2.05, 4.69) is 4.99 Å². The summed E-state index contributed by atoms with van der Waals surface area (Å²) < 4.78 is 57.9. The first-order valence-corrected chi connectivity index (χ1v) is 6.35. The molecule has 0 aromatic heterocycles. The average Bonchev–Trinajstić information content (AvgIpc) is 2.31. The van der Waals surface area contributed by atoms with E-state index in [1.54, 1.807) is 0 Å². The van der Waals surface area contributed by atoms with Crippen LogP contribution < -0.4 is 0 Å². The molecular weight excluding hydrogens is 234 g/mol. The Balaban J connectivity index is 3.23. The molecule has 7 nitrogen and oxygen atoms in total. The molecule has 0 fully saturated rings. The maximum atomic E-state index is 10.9. The Morgan fingerprint density at radius 1 is 1.21 bits per heavy atom. The first-order chi connectivity index (χ1) is 6.16. The van der Waals surface area contributed by atoms with Gasteiger partial charge in [-0.1, -0.05) is 0 Å². The van der Waals surface area contributed by atoms with Crippen LogP contribution in [0.3, 0.4) is 0 Å². The van der Waals surface area contributed by atoms with E-state index in [9.17, 15) is 16.8 Å². The third-order valence-corrected chi connectivity index (χ3v) is 4.00. The Kier molecular flexibility index (Phi) is 2.52. The number of aliphatic imine (C=N–C) groups is 1. The van der Waals surface area contributed by atoms with E-state index in [1.807, 2.05) is 0 Å². The summed E-state index contributed by atoms with van der Waals surface area (Å²) >= 11 is 0. The molecule has 1 atom stereocenters. The van der Waals surface area contributed by atoms with Gasteiger partial charge in [0.25, 0.3) is 20.2 Å². The van der Waals surface area contributed by atoms with E-state index in [0.29, 0.717) is 0 Å². The fourth-order valence-electron chi connectivity index (χ4n) is 0.979. The monoisotopic (exact) mass is 241 g/mol. The molecule has 14 heavy (non-hydrogen) atoms. The van der Waals surface area contributed by atoms with Gasteiger partial charge in [-0.25, -0.2) is 0 Å². The molecule has 1 heterocycles. The van der Waals surface area contributed by atoms with Crippen molar-refractivity contribution >= 4 is 26.5 Å². The number of nitrogens with zero attached hydrogens (tertiary/aromatic N) is 1. The summed E-state index contributed by atoms with van der Waals surface area (Å²) in [5.74, 6) is -1.15. The third kappa shape index (κ3) is 2.18. The maximum Gasteiger partial charge on any atom is 0.280 e. The molecule has 0 bridgehead atoms. The fraction of sp³-hybridized carbons (Fsp3) is 0.400. The van der Waals surface area contributed by atoms with Gasteiger partial charge in [-0.3, -0.25) is 14.1 Å². The lowest BCUT2D eigenvalue weighted by molar-refractivity contribution is 0.458. The Bertz CT molecular complexity index is 472. The number of rotatable bonds is 3. The van der Waals surface area contributed by atoms with Crippen LogP contribution in [0.25, 0.3) is 0 Å². The minimum absolute atomic E-state index is 0.746. The molecule has 0 radical (unpaired) electrons. The first-order valence-electron chi connectivity index (χ1n) is 3.31. The summed E-state index contributed by atoms with van der Waals surface area (Å²) in [7, 11) is -9.20. The highest BCUT2D eigenvalue weighted by Gasteiger charge is 2.44. The van der Waals surface area contributed by atoms with Crippen molar-refractivity contribution in [3.05, 3.63) is 12.3 Å². The first kappa shape index (κ1) is 11.3. The van der Waals surface area contributed by atoms with Crippen molar-refractivity contribution < 1.29 is 25.9 Å². The Morgan fingerprint density at radius 3 is 2.07 bits per heavy atom. The quantitative estimate of drug-likeness (QED) is 0.617. The van der Waals surface area contributed by atoms with Crippen molar-refractivity contribution in [2.75, 3.05) is 5.75 Å². The highest BCUT2D eigenvalue weighted by molar-refractivity contribution is 7.91. The second-order valence-corrected chi connectivity index (χ2v) is 5.91. The van der Waals surface area contributed by atoms with Crippen LogP contribution in [0.4, 0.5) is 0 Å². The molecule has 0 aromatic carbocycles. The minimum atomic E-state index is -4.67. The van der Waals surface area contributed by atoms with Gasteiger partial charge < -0.3 is 0 Å². The van der Waals surface area contributed by atoms with Crippen LogP contribution >= 0.6 is 0 Å². The van der Waals surface area contributed by atoms with E-state index in [-0.39, 0.29) is 0 Å². The van der Waals surface area contributed by atoms with E-state index in [4.69, 9.17) is 9.11 Å². The Morgan fingerprint density at radius 2 is 1.79 bits per heavy atom. The van der Waals surface area contributed by atoms with Crippen molar-refractivity contribution in [1.82, 2.24) is 0 Å². The largest absolute Gasteiger partial charge is 0.285 e. The van der Waals surface area contributed by atoms with Crippen LogP contribution in [-0.2, 0) is 20.2 Å². The van der Waals surface area contributed by atoms with E-state index in [1.165, 1.54) is 0 Å². The van der Waals surface area contributed by atoms with E-state index < -0.39 is 30.7 Å². The summed E-state index contributed by atoms with van der Waals surface area (Å²) in [5, 5.41) is 0. The van der Waals surface area contributed by atoms with Gasteiger partial charge in [0.05, 0.1) is 0 Å². The van der Waals surface area contributed by atoms with Crippen LogP contribution in [0.1, 0.15) is 0 Å². The molecular formula is C5H7NO6S2. The molecule has 0 spiro atoms. The molecule has 0 saturated heterocycles. The zero-order valence-electron chi connectivity index (χ0n) is 6.73. The molecule has 1 aliphatic heterocycles. The predicted molar refractivity (Wildman–Crippen MR) is 48.3 cm³/mol. The zero-order chi connectivity index (χ0) is 11.0.